The summed E-state index contributed by atoms with van der Waals surface area (Å²) in [6, 6.07) is -0.120. The van der Waals surface area contributed by atoms with Gasteiger partial charge in [-0.05, 0) is 54.4 Å². The number of ether oxygens (including phenoxy) is 2. The van der Waals surface area contributed by atoms with Gasteiger partial charge in [0.05, 0.1) is 0 Å². The van der Waals surface area contributed by atoms with E-state index in [1.54, 1.807) is 41.5 Å². The third-order valence-electron chi connectivity index (χ3n) is 2.37. The molecule has 22 heavy (non-hydrogen) atoms. The van der Waals surface area contributed by atoms with Gasteiger partial charge >= 0.3 is 12.2 Å². The molecular formula is C15H31N3O4. The maximum Gasteiger partial charge on any atom is 0.407 e. The Kier molecular flexibility index (Phi) is 8.22. The fourth-order valence-corrected chi connectivity index (χ4v) is 1.49. The fourth-order valence-electron chi connectivity index (χ4n) is 1.49. The molecule has 0 saturated carbocycles. The molecule has 0 bridgehead atoms. The Balaban J connectivity index is 3.73. The van der Waals surface area contributed by atoms with Gasteiger partial charge in [0.25, 0.3) is 0 Å². The Labute approximate surface area is 133 Å². The molecule has 0 aromatic carbocycles. The van der Waals surface area contributed by atoms with Crippen LogP contribution in [-0.4, -0.2) is 42.5 Å². The van der Waals surface area contributed by atoms with Gasteiger partial charge in [-0.15, -0.1) is 0 Å². The third kappa shape index (κ3) is 13.5. The summed E-state index contributed by atoms with van der Waals surface area (Å²) in [5, 5.41) is 5.29. The molecule has 0 aliphatic rings. The highest BCUT2D eigenvalue weighted by atomic mass is 16.6. The lowest BCUT2D eigenvalue weighted by Crippen LogP contribution is -2.37. The van der Waals surface area contributed by atoms with Crippen LogP contribution in [0.1, 0.15) is 54.4 Å². The van der Waals surface area contributed by atoms with Crippen LogP contribution < -0.4 is 16.4 Å². The van der Waals surface area contributed by atoms with Gasteiger partial charge in [0.15, 0.2) is 0 Å². The lowest BCUT2D eigenvalue weighted by molar-refractivity contribution is 0.0519. The SMILES string of the molecule is CC(C)(C)OC(=O)NCCC(N)CCNC(=O)OC(C)(C)C. The predicted molar refractivity (Wildman–Crippen MR) is 85.7 cm³/mol. The van der Waals surface area contributed by atoms with Gasteiger partial charge in [-0.3, -0.25) is 0 Å². The molecule has 2 amide bonds. The molecule has 0 saturated heterocycles. The second-order valence-electron chi connectivity index (χ2n) is 7.19. The van der Waals surface area contributed by atoms with Gasteiger partial charge in [0.2, 0.25) is 0 Å². The summed E-state index contributed by atoms with van der Waals surface area (Å²) >= 11 is 0. The van der Waals surface area contributed by atoms with Crippen molar-refractivity contribution in [2.24, 2.45) is 5.73 Å². The smallest absolute Gasteiger partial charge is 0.407 e. The highest BCUT2D eigenvalue weighted by Crippen LogP contribution is 2.07. The van der Waals surface area contributed by atoms with Crippen molar-refractivity contribution in [3.63, 3.8) is 0 Å². The van der Waals surface area contributed by atoms with Gasteiger partial charge in [-0.25, -0.2) is 9.59 Å². The van der Waals surface area contributed by atoms with Gasteiger partial charge in [0, 0.05) is 19.1 Å². The average Bonchev–Trinajstić information content (AvgIpc) is 2.23. The van der Waals surface area contributed by atoms with Crippen molar-refractivity contribution in [3.05, 3.63) is 0 Å². The van der Waals surface area contributed by atoms with E-state index in [4.69, 9.17) is 15.2 Å². The number of rotatable bonds is 6. The minimum Gasteiger partial charge on any atom is -0.444 e. The van der Waals surface area contributed by atoms with Crippen LogP contribution in [0.5, 0.6) is 0 Å². The van der Waals surface area contributed by atoms with Crippen LogP contribution >= 0.6 is 0 Å². The maximum absolute atomic E-state index is 11.4. The van der Waals surface area contributed by atoms with Crippen LogP contribution in [-0.2, 0) is 9.47 Å². The summed E-state index contributed by atoms with van der Waals surface area (Å²) in [5.41, 5.74) is 4.90. The quantitative estimate of drug-likeness (QED) is 0.696. The zero-order chi connectivity index (χ0) is 17.4. The molecule has 0 aliphatic heterocycles. The van der Waals surface area contributed by atoms with Crippen molar-refractivity contribution < 1.29 is 19.1 Å². The summed E-state index contributed by atoms with van der Waals surface area (Å²) in [5.74, 6) is 0. The molecule has 0 radical (unpaired) electrons. The summed E-state index contributed by atoms with van der Waals surface area (Å²) in [4.78, 5) is 22.9. The second kappa shape index (κ2) is 8.82. The van der Waals surface area contributed by atoms with Crippen LogP contribution in [0.2, 0.25) is 0 Å². The third-order valence-corrected chi connectivity index (χ3v) is 2.37. The van der Waals surface area contributed by atoms with E-state index in [1.165, 1.54) is 0 Å². The van der Waals surface area contributed by atoms with Crippen molar-refractivity contribution in [2.75, 3.05) is 13.1 Å². The second-order valence-corrected chi connectivity index (χ2v) is 7.19. The number of alkyl carbamates (subject to hydrolysis) is 2. The monoisotopic (exact) mass is 317 g/mol. The van der Waals surface area contributed by atoms with E-state index in [9.17, 15) is 9.59 Å². The van der Waals surface area contributed by atoms with Crippen molar-refractivity contribution >= 4 is 12.2 Å². The van der Waals surface area contributed by atoms with Gasteiger partial charge in [0.1, 0.15) is 11.2 Å². The van der Waals surface area contributed by atoms with Gasteiger partial charge in [-0.1, -0.05) is 0 Å². The Hall–Kier alpha value is -1.50. The molecule has 0 fully saturated rings. The van der Waals surface area contributed by atoms with E-state index < -0.39 is 23.4 Å². The highest BCUT2D eigenvalue weighted by Gasteiger charge is 2.17. The molecular weight excluding hydrogens is 286 g/mol. The summed E-state index contributed by atoms with van der Waals surface area (Å²) in [6.07, 6.45) is 0.308. The minimum absolute atomic E-state index is 0.120. The fraction of sp³-hybridized carbons (Fsp3) is 0.867. The van der Waals surface area contributed by atoms with Crippen LogP contribution in [0.15, 0.2) is 0 Å². The molecule has 0 unspecified atom stereocenters. The molecule has 7 nitrogen and oxygen atoms in total. The lowest BCUT2D eigenvalue weighted by Gasteiger charge is -2.21. The average molecular weight is 317 g/mol. The Morgan fingerprint density at radius 2 is 1.18 bits per heavy atom. The largest absolute Gasteiger partial charge is 0.444 e. The Morgan fingerprint density at radius 1 is 0.864 bits per heavy atom. The number of hydrogen-bond acceptors (Lipinski definition) is 5. The standard InChI is InChI=1S/C15H31N3O4/c1-14(2,3)21-12(19)17-9-7-11(16)8-10-18-13(20)22-15(4,5)6/h11H,7-10,16H2,1-6H3,(H,17,19)(H,18,20). The number of amides is 2. The molecule has 130 valence electrons. The van der Waals surface area contributed by atoms with Crippen molar-refractivity contribution in [1.82, 2.24) is 10.6 Å². The van der Waals surface area contributed by atoms with E-state index >= 15 is 0 Å². The van der Waals surface area contributed by atoms with Crippen molar-refractivity contribution in [1.29, 1.82) is 0 Å². The van der Waals surface area contributed by atoms with Crippen LogP contribution in [0.4, 0.5) is 9.59 Å². The van der Waals surface area contributed by atoms with E-state index in [-0.39, 0.29) is 6.04 Å². The summed E-state index contributed by atoms with van der Waals surface area (Å²) < 4.78 is 10.2. The van der Waals surface area contributed by atoms with E-state index in [2.05, 4.69) is 10.6 Å². The molecule has 4 N–H and O–H groups in total. The maximum atomic E-state index is 11.4. The number of carbonyl (C=O) groups excluding carboxylic acids is 2. The molecule has 0 aromatic rings. The first-order valence-electron chi connectivity index (χ1n) is 7.58. The van der Waals surface area contributed by atoms with E-state index in [0.29, 0.717) is 25.9 Å². The summed E-state index contributed by atoms with van der Waals surface area (Å²) in [6.45, 7) is 11.7. The number of nitrogens with two attached hydrogens (primary N) is 1. The molecule has 0 atom stereocenters. The molecule has 7 heteroatoms. The number of nitrogens with one attached hydrogen (secondary N) is 2. The zero-order valence-electron chi connectivity index (χ0n) is 14.6. The Morgan fingerprint density at radius 3 is 1.45 bits per heavy atom. The molecule has 0 spiro atoms. The Bertz CT molecular complexity index is 325. The zero-order valence-corrected chi connectivity index (χ0v) is 14.6. The van der Waals surface area contributed by atoms with E-state index in [1.807, 2.05) is 0 Å². The minimum atomic E-state index is -0.510. The van der Waals surface area contributed by atoms with Crippen molar-refractivity contribution in [3.8, 4) is 0 Å². The van der Waals surface area contributed by atoms with Crippen LogP contribution in [0, 0.1) is 0 Å². The van der Waals surface area contributed by atoms with Gasteiger partial charge in [-0.2, -0.15) is 0 Å². The first-order chi connectivity index (χ1) is 9.89. The topological polar surface area (TPSA) is 103 Å². The molecule has 0 aliphatic carbocycles. The first-order valence-corrected chi connectivity index (χ1v) is 7.58. The summed E-state index contributed by atoms with van der Waals surface area (Å²) in [7, 11) is 0. The van der Waals surface area contributed by atoms with Crippen LogP contribution in [0.3, 0.4) is 0 Å². The van der Waals surface area contributed by atoms with Crippen molar-refractivity contribution in [2.45, 2.75) is 71.6 Å². The van der Waals surface area contributed by atoms with Gasteiger partial charge < -0.3 is 25.8 Å². The normalized spacial score (nSPS) is 12.0. The van der Waals surface area contributed by atoms with E-state index in [0.717, 1.165) is 0 Å². The number of carbonyl (C=O) groups is 2. The molecule has 0 rings (SSSR count). The highest BCUT2D eigenvalue weighted by molar-refractivity contribution is 5.67. The molecule has 0 aromatic heterocycles. The number of hydrogen-bond donors (Lipinski definition) is 3. The first kappa shape index (κ1) is 20.5. The predicted octanol–water partition coefficient (Wildman–Crippen LogP) is 2.14. The molecule has 0 heterocycles. The van der Waals surface area contributed by atoms with Crippen LogP contribution in [0.25, 0.3) is 0 Å². The lowest BCUT2D eigenvalue weighted by atomic mass is 10.1.